The molecule has 17 heavy (non-hydrogen) atoms. The number of rotatable bonds is 7. The van der Waals surface area contributed by atoms with Crippen LogP contribution in [0.3, 0.4) is 0 Å². The summed E-state index contributed by atoms with van der Waals surface area (Å²) < 4.78 is 22.8. The van der Waals surface area contributed by atoms with Gasteiger partial charge in [0.1, 0.15) is 0 Å². The van der Waals surface area contributed by atoms with Gasteiger partial charge in [0.2, 0.25) is 0 Å². The van der Waals surface area contributed by atoms with Crippen molar-refractivity contribution in [1.82, 2.24) is 9.80 Å². The molecule has 5 nitrogen and oxygen atoms in total. The summed E-state index contributed by atoms with van der Waals surface area (Å²) in [6.07, 6.45) is 0.498. The fraction of sp³-hybridized carbons (Fsp3) is 1.00. The van der Waals surface area contributed by atoms with E-state index in [2.05, 4.69) is 16.8 Å². The van der Waals surface area contributed by atoms with Crippen LogP contribution in [0.4, 0.5) is 0 Å². The second-order valence-corrected chi connectivity index (χ2v) is 6.50. The van der Waals surface area contributed by atoms with Crippen molar-refractivity contribution in [3.05, 3.63) is 0 Å². The van der Waals surface area contributed by atoms with E-state index < -0.39 is 7.60 Å². The Hall–Kier alpha value is 0.0700. The van der Waals surface area contributed by atoms with E-state index in [4.69, 9.17) is 9.05 Å². The predicted molar refractivity (Wildman–Crippen MR) is 69.7 cm³/mol. The molecule has 0 radical (unpaired) electrons. The minimum Gasteiger partial charge on any atom is -0.309 e. The molecule has 0 unspecified atom stereocenters. The lowest BCUT2D eigenvalue weighted by Crippen LogP contribution is -2.45. The molecule has 0 N–H and O–H groups in total. The van der Waals surface area contributed by atoms with Crippen molar-refractivity contribution in [2.45, 2.75) is 13.8 Å². The van der Waals surface area contributed by atoms with Gasteiger partial charge in [-0.2, -0.15) is 0 Å². The van der Waals surface area contributed by atoms with Gasteiger partial charge in [-0.05, 0) is 20.9 Å². The van der Waals surface area contributed by atoms with Crippen LogP contribution in [0.25, 0.3) is 0 Å². The van der Waals surface area contributed by atoms with Crippen molar-refractivity contribution in [3.8, 4) is 0 Å². The molecule has 0 spiro atoms. The van der Waals surface area contributed by atoms with Crippen molar-refractivity contribution < 1.29 is 13.6 Å². The average molecular weight is 264 g/mol. The molecule has 0 aromatic heterocycles. The number of nitrogens with zero attached hydrogens (tertiary/aromatic N) is 2. The average Bonchev–Trinajstić information content (AvgIpc) is 2.29. The molecule has 0 bridgehead atoms. The molecule has 102 valence electrons. The zero-order valence-electron chi connectivity index (χ0n) is 11.2. The molecule has 1 fully saturated rings. The summed E-state index contributed by atoms with van der Waals surface area (Å²) in [6.45, 7) is 9.61. The predicted octanol–water partition coefficient (Wildman–Crippen LogP) is 1.50. The lowest BCUT2D eigenvalue weighted by atomic mass is 10.3. The van der Waals surface area contributed by atoms with Crippen LogP contribution in [0.15, 0.2) is 0 Å². The van der Waals surface area contributed by atoms with Gasteiger partial charge in [-0.25, -0.2) is 0 Å². The first-order valence-electron chi connectivity index (χ1n) is 6.38. The summed E-state index contributed by atoms with van der Waals surface area (Å²) >= 11 is 0. The highest BCUT2D eigenvalue weighted by molar-refractivity contribution is 7.53. The third-order valence-electron chi connectivity index (χ3n) is 2.94. The molecule has 0 aliphatic carbocycles. The van der Waals surface area contributed by atoms with E-state index in [-0.39, 0.29) is 0 Å². The largest absolute Gasteiger partial charge is 0.331 e. The van der Waals surface area contributed by atoms with Crippen LogP contribution >= 0.6 is 7.60 Å². The SMILES string of the molecule is CCOP(=O)(CCN1CCN(C)CC1)OCC. The Morgan fingerprint density at radius 2 is 1.59 bits per heavy atom. The van der Waals surface area contributed by atoms with Crippen LogP contribution in [-0.4, -0.2) is 68.9 Å². The third-order valence-corrected chi connectivity index (χ3v) is 4.99. The van der Waals surface area contributed by atoms with Crippen LogP contribution in [-0.2, 0) is 13.6 Å². The molecule has 0 atom stereocenters. The number of piperazine rings is 1. The normalized spacial score (nSPS) is 19.7. The van der Waals surface area contributed by atoms with Crippen LogP contribution in [0.2, 0.25) is 0 Å². The number of hydrogen-bond acceptors (Lipinski definition) is 5. The van der Waals surface area contributed by atoms with E-state index in [1.807, 2.05) is 13.8 Å². The maximum atomic E-state index is 12.2. The minimum absolute atomic E-state index is 0.444. The van der Waals surface area contributed by atoms with Crippen LogP contribution in [0.1, 0.15) is 13.8 Å². The molecule has 0 amide bonds. The molecule has 6 heteroatoms. The van der Waals surface area contributed by atoms with Crippen molar-refractivity contribution >= 4 is 7.60 Å². The monoisotopic (exact) mass is 264 g/mol. The van der Waals surface area contributed by atoms with Gasteiger partial charge in [-0.15, -0.1) is 0 Å². The molecule has 1 aliphatic rings. The minimum atomic E-state index is -2.86. The van der Waals surface area contributed by atoms with E-state index in [1.165, 1.54) is 0 Å². The highest BCUT2D eigenvalue weighted by atomic mass is 31.2. The second-order valence-electron chi connectivity index (χ2n) is 4.31. The van der Waals surface area contributed by atoms with E-state index >= 15 is 0 Å². The van der Waals surface area contributed by atoms with Crippen LogP contribution < -0.4 is 0 Å². The molecule has 1 saturated heterocycles. The maximum Gasteiger partial charge on any atom is 0.331 e. The van der Waals surface area contributed by atoms with E-state index in [0.29, 0.717) is 19.4 Å². The quantitative estimate of drug-likeness (QED) is 0.652. The van der Waals surface area contributed by atoms with Gasteiger partial charge in [0.05, 0.1) is 19.4 Å². The molecule has 0 aromatic rings. The molecular formula is C11H25N2O3P. The van der Waals surface area contributed by atoms with Crippen molar-refractivity contribution in [3.63, 3.8) is 0 Å². The molecule has 0 saturated carbocycles. The topological polar surface area (TPSA) is 42.0 Å². The lowest BCUT2D eigenvalue weighted by molar-refractivity contribution is 0.155. The summed E-state index contributed by atoms with van der Waals surface area (Å²) in [4.78, 5) is 4.63. The summed E-state index contributed by atoms with van der Waals surface area (Å²) in [6, 6.07) is 0. The molecule has 0 aromatic carbocycles. The standard InChI is InChI=1S/C11H25N2O3P/c1-4-15-17(14,16-5-2)11-10-13-8-6-12(3)7-9-13/h4-11H2,1-3H3. The van der Waals surface area contributed by atoms with Gasteiger partial charge in [-0.1, -0.05) is 0 Å². The highest BCUT2D eigenvalue weighted by Crippen LogP contribution is 2.47. The van der Waals surface area contributed by atoms with Crippen molar-refractivity contribution in [2.24, 2.45) is 0 Å². The van der Waals surface area contributed by atoms with Gasteiger partial charge in [0.15, 0.2) is 0 Å². The smallest absolute Gasteiger partial charge is 0.309 e. The van der Waals surface area contributed by atoms with Crippen molar-refractivity contribution in [2.75, 3.05) is 59.1 Å². The Labute approximate surface area is 105 Å². The zero-order chi connectivity index (χ0) is 12.7. The third kappa shape index (κ3) is 5.49. The second kappa shape index (κ2) is 7.49. The van der Waals surface area contributed by atoms with E-state index in [1.54, 1.807) is 0 Å². The van der Waals surface area contributed by atoms with Gasteiger partial charge in [0, 0.05) is 32.7 Å². The lowest BCUT2D eigenvalue weighted by Gasteiger charge is -2.32. The molecule has 1 aliphatic heterocycles. The Morgan fingerprint density at radius 3 is 2.06 bits per heavy atom. The first-order valence-corrected chi connectivity index (χ1v) is 8.11. The maximum absolute atomic E-state index is 12.2. The Bertz CT molecular complexity index is 245. The number of likely N-dealkylation sites (N-methyl/N-ethyl adjacent to an activating group) is 1. The number of hydrogen-bond donors (Lipinski definition) is 0. The van der Waals surface area contributed by atoms with E-state index in [0.717, 1.165) is 32.7 Å². The fourth-order valence-corrected chi connectivity index (χ4v) is 3.54. The van der Waals surface area contributed by atoms with Gasteiger partial charge in [-0.3, -0.25) is 4.57 Å². The van der Waals surface area contributed by atoms with Gasteiger partial charge in [0.25, 0.3) is 0 Å². The fourth-order valence-electron chi connectivity index (χ4n) is 1.90. The molecule has 1 heterocycles. The summed E-state index contributed by atoms with van der Waals surface area (Å²) in [5.74, 6) is 0. The van der Waals surface area contributed by atoms with Crippen LogP contribution in [0, 0.1) is 0 Å². The Morgan fingerprint density at radius 1 is 1.06 bits per heavy atom. The van der Waals surface area contributed by atoms with Gasteiger partial charge >= 0.3 is 7.60 Å². The summed E-state index contributed by atoms with van der Waals surface area (Å²) in [5.41, 5.74) is 0. The van der Waals surface area contributed by atoms with Gasteiger partial charge < -0.3 is 18.8 Å². The molecule has 1 rings (SSSR count). The van der Waals surface area contributed by atoms with Crippen molar-refractivity contribution in [1.29, 1.82) is 0 Å². The first-order chi connectivity index (χ1) is 8.09. The summed E-state index contributed by atoms with van der Waals surface area (Å²) in [7, 11) is -0.729. The summed E-state index contributed by atoms with van der Waals surface area (Å²) in [5, 5.41) is 0. The Kier molecular flexibility index (Phi) is 6.67. The Balaban J connectivity index is 2.33. The zero-order valence-corrected chi connectivity index (χ0v) is 12.1. The van der Waals surface area contributed by atoms with E-state index in [9.17, 15) is 4.57 Å². The van der Waals surface area contributed by atoms with Crippen LogP contribution in [0.5, 0.6) is 0 Å². The highest BCUT2D eigenvalue weighted by Gasteiger charge is 2.25. The first kappa shape index (κ1) is 15.1. The molecular weight excluding hydrogens is 239 g/mol.